The van der Waals surface area contributed by atoms with Gasteiger partial charge in [-0.25, -0.2) is 8.42 Å². The molecule has 0 spiro atoms. The van der Waals surface area contributed by atoms with E-state index in [0.717, 1.165) is 5.69 Å². The van der Waals surface area contributed by atoms with Crippen LogP contribution in [0.15, 0.2) is 57.9 Å². The van der Waals surface area contributed by atoms with Crippen LogP contribution in [0, 0.1) is 0 Å². The Morgan fingerprint density at radius 1 is 1.10 bits per heavy atom. The van der Waals surface area contributed by atoms with Crippen molar-refractivity contribution in [2.45, 2.75) is 10.3 Å². The second-order valence-corrected chi connectivity index (χ2v) is 7.89. The highest BCUT2D eigenvalue weighted by Gasteiger charge is 2.25. The van der Waals surface area contributed by atoms with Crippen molar-refractivity contribution in [1.82, 2.24) is 0 Å². The zero-order valence-electron chi connectivity index (χ0n) is 11.8. The fraction of sp³-hybridized carbons (Fsp3) is 0.200. The van der Waals surface area contributed by atoms with E-state index in [4.69, 9.17) is 5.73 Å². The van der Waals surface area contributed by atoms with Gasteiger partial charge in [-0.3, -0.25) is 0 Å². The summed E-state index contributed by atoms with van der Waals surface area (Å²) in [7, 11) is 0.234. The molecule has 1 atom stereocenters. The smallest absolute Gasteiger partial charge is 0.198 e. The molecule has 21 heavy (non-hydrogen) atoms. The van der Waals surface area contributed by atoms with Gasteiger partial charge in [0, 0.05) is 24.3 Å². The quantitative estimate of drug-likeness (QED) is 0.900. The lowest BCUT2D eigenvalue weighted by atomic mass is 10.2. The van der Waals surface area contributed by atoms with Crippen LogP contribution >= 0.6 is 15.9 Å². The predicted molar refractivity (Wildman–Crippen MR) is 89.0 cm³/mol. The van der Waals surface area contributed by atoms with E-state index in [-0.39, 0.29) is 4.90 Å². The molecule has 2 rings (SSSR count). The molecule has 0 amide bonds. The first kappa shape index (κ1) is 16.0. The molecule has 6 heteroatoms. The van der Waals surface area contributed by atoms with Gasteiger partial charge < -0.3 is 10.6 Å². The summed E-state index contributed by atoms with van der Waals surface area (Å²) in [5.74, 6) is 0. The molecule has 0 fully saturated rings. The molecule has 0 radical (unpaired) electrons. The van der Waals surface area contributed by atoms with Gasteiger partial charge >= 0.3 is 0 Å². The van der Waals surface area contributed by atoms with E-state index >= 15 is 0 Å². The molecule has 0 aliphatic rings. The number of sulfone groups is 1. The van der Waals surface area contributed by atoms with E-state index in [0.29, 0.717) is 10.0 Å². The van der Waals surface area contributed by atoms with Crippen molar-refractivity contribution < 1.29 is 8.42 Å². The molecule has 2 N–H and O–H groups in total. The summed E-state index contributed by atoms with van der Waals surface area (Å²) in [4.78, 5) is 2.15. The summed E-state index contributed by atoms with van der Waals surface area (Å²) < 4.78 is 25.8. The van der Waals surface area contributed by atoms with Gasteiger partial charge in [0.25, 0.3) is 0 Å². The highest BCUT2D eigenvalue weighted by atomic mass is 79.9. The van der Waals surface area contributed by atoms with Crippen LogP contribution in [0.4, 0.5) is 5.69 Å². The highest BCUT2D eigenvalue weighted by molar-refractivity contribution is 9.10. The van der Waals surface area contributed by atoms with E-state index in [2.05, 4.69) is 15.9 Å². The molecule has 2 aromatic rings. The maximum Gasteiger partial charge on any atom is 0.198 e. The van der Waals surface area contributed by atoms with Crippen molar-refractivity contribution in [3.8, 4) is 0 Å². The van der Waals surface area contributed by atoms with Gasteiger partial charge in [-0.15, -0.1) is 0 Å². The molecule has 0 aliphatic carbocycles. The molecule has 0 aliphatic heterocycles. The minimum absolute atomic E-state index is 0.209. The molecule has 112 valence electrons. The third kappa shape index (κ3) is 3.45. The zero-order chi connectivity index (χ0) is 15.6. The zero-order valence-corrected chi connectivity index (χ0v) is 14.2. The van der Waals surface area contributed by atoms with E-state index in [9.17, 15) is 8.42 Å². The van der Waals surface area contributed by atoms with Gasteiger partial charge in [-0.1, -0.05) is 34.1 Å². The van der Waals surface area contributed by atoms with Crippen molar-refractivity contribution in [1.29, 1.82) is 0 Å². The Hall–Kier alpha value is -1.37. The fourth-order valence-corrected chi connectivity index (χ4v) is 3.85. The van der Waals surface area contributed by atoms with Crippen LogP contribution < -0.4 is 10.6 Å². The normalized spacial score (nSPS) is 13.0. The molecule has 2 aromatic carbocycles. The molecule has 4 nitrogen and oxygen atoms in total. The summed E-state index contributed by atoms with van der Waals surface area (Å²) in [6, 6.07) is 13.8. The van der Waals surface area contributed by atoms with Crippen LogP contribution in [-0.4, -0.2) is 22.5 Å². The standard InChI is InChI=1S/C15H17BrN2O2S/c1-18(2)13-8-6-11(7-9-13)15(17)21(19,20)14-5-3-4-12(16)10-14/h3-10,15H,17H2,1-2H3. The van der Waals surface area contributed by atoms with Gasteiger partial charge in [-0.2, -0.15) is 0 Å². The SMILES string of the molecule is CN(C)c1ccc(C(N)S(=O)(=O)c2cccc(Br)c2)cc1. The van der Waals surface area contributed by atoms with Crippen LogP contribution in [0.25, 0.3) is 0 Å². The Morgan fingerprint density at radius 3 is 2.24 bits per heavy atom. The molecule has 1 unspecified atom stereocenters. The van der Waals surface area contributed by atoms with E-state index in [1.54, 1.807) is 36.4 Å². The van der Waals surface area contributed by atoms with Crippen molar-refractivity contribution in [2.24, 2.45) is 5.73 Å². The first-order valence-corrected chi connectivity index (χ1v) is 8.68. The lowest BCUT2D eigenvalue weighted by Crippen LogP contribution is -2.22. The van der Waals surface area contributed by atoms with Crippen LogP contribution in [0.5, 0.6) is 0 Å². The van der Waals surface area contributed by atoms with Crippen molar-refractivity contribution >= 4 is 31.5 Å². The lowest BCUT2D eigenvalue weighted by Gasteiger charge is -2.16. The van der Waals surface area contributed by atoms with E-state index in [1.165, 1.54) is 0 Å². The van der Waals surface area contributed by atoms with Crippen molar-refractivity contribution in [3.63, 3.8) is 0 Å². The summed E-state index contributed by atoms with van der Waals surface area (Å²) in [6.45, 7) is 0. The van der Waals surface area contributed by atoms with Crippen LogP contribution in [0.3, 0.4) is 0 Å². The topological polar surface area (TPSA) is 63.4 Å². The minimum atomic E-state index is -3.61. The fourth-order valence-electron chi connectivity index (χ4n) is 1.93. The third-order valence-corrected chi connectivity index (χ3v) is 5.54. The van der Waals surface area contributed by atoms with Crippen molar-refractivity contribution in [3.05, 3.63) is 58.6 Å². The number of nitrogens with two attached hydrogens (primary N) is 1. The van der Waals surface area contributed by atoms with Gasteiger partial charge in [0.15, 0.2) is 9.84 Å². The third-order valence-electron chi connectivity index (χ3n) is 3.20. The number of hydrogen-bond donors (Lipinski definition) is 1. The number of anilines is 1. The number of hydrogen-bond acceptors (Lipinski definition) is 4. The highest BCUT2D eigenvalue weighted by Crippen LogP contribution is 2.27. The maximum atomic E-state index is 12.5. The largest absolute Gasteiger partial charge is 0.378 e. The van der Waals surface area contributed by atoms with Crippen LogP contribution in [0.2, 0.25) is 0 Å². The summed E-state index contributed by atoms with van der Waals surface area (Å²) in [5, 5.41) is -1.08. The first-order valence-electron chi connectivity index (χ1n) is 6.34. The van der Waals surface area contributed by atoms with E-state index in [1.807, 2.05) is 31.1 Å². The second kappa shape index (κ2) is 6.17. The Kier molecular flexibility index (Phi) is 4.70. The molecule has 0 aromatic heterocycles. The van der Waals surface area contributed by atoms with Gasteiger partial charge in [0.1, 0.15) is 5.37 Å². The number of halogens is 1. The molecule has 0 saturated carbocycles. The number of benzene rings is 2. The Morgan fingerprint density at radius 2 is 1.71 bits per heavy atom. The van der Waals surface area contributed by atoms with Crippen LogP contribution in [-0.2, 0) is 9.84 Å². The Labute approximate surface area is 133 Å². The lowest BCUT2D eigenvalue weighted by molar-refractivity contribution is 0.583. The summed E-state index contributed by atoms with van der Waals surface area (Å²) >= 11 is 3.27. The van der Waals surface area contributed by atoms with Gasteiger partial charge in [-0.05, 0) is 35.9 Å². The molecule has 0 bridgehead atoms. The molecule has 0 heterocycles. The summed E-state index contributed by atoms with van der Waals surface area (Å²) in [5.41, 5.74) is 7.53. The maximum absolute atomic E-state index is 12.5. The van der Waals surface area contributed by atoms with Crippen LogP contribution in [0.1, 0.15) is 10.9 Å². The van der Waals surface area contributed by atoms with Gasteiger partial charge in [0.05, 0.1) is 4.90 Å². The average molecular weight is 369 g/mol. The predicted octanol–water partition coefficient (Wildman–Crippen LogP) is 2.95. The van der Waals surface area contributed by atoms with E-state index < -0.39 is 15.2 Å². The number of nitrogens with zero attached hydrogens (tertiary/aromatic N) is 1. The average Bonchev–Trinajstić information content (AvgIpc) is 2.46. The number of rotatable bonds is 4. The summed E-state index contributed by atoms with van der Waals surface area (Å²) in [6.07, 6.45) is 0. The molecule has 0 saturated heterocycles. The molecular formula is C15H17BrN2O2S. The van der Waals surface area contributed by atoms with Gasteiger partial charge in [0.2, 0.25) is 0 Å². The minimum Gasteiger partial charge on any atom is -0.378 e. The Bertz CT molecular complexity index is 728. The Balaban J connectivity index is 2.36. The molecular weight excluding hydrogens is 352 g/mol. The van der Waals surface area contributed by atoms with Crippen molar-refractivity contribution in [2.75, 3.05) is 19.0 Å². The second-order valence-electron chi connectivity index (χ2n) is 4.91. The monoisotopic (exact) mass is 368 g/mol. The first-order chi connectivity index (χ1) is 9.82.